The van der Waals surface area contributed by atoms with Crippen LogP contribution in [0, 0.1) is 5.92 Å². The third kappa shape index (κ3) is 3.34. The first kappa shape index (κ1) is 12.7. The zero-order valence-corrected chi connectivity index (χ0v) is 10.3. The van der Waals surface area contributed by atoms with Crippen LogP contribution in [0.5, 0.6) is 0 Å². The van der Waals surface area contributed by atoms with Crippen LogP contribution >= 0.6 is 0 Å². The number of aromatic nitrogens is 2. The number of aromatic amines is 1. The zero-order chi connectivity index (χ0) is 12.1. The standard InChI is InChI=1S/C11H20N4O/c1-7(2)9-5-10(15-14-9)13-11(16)8(3)6-12-4/h5,7-8,12H,6H2,1-4H3,(H2,13,14,15,16). The van der Waals surface area contributed by atoms with Crippen LogP contribution in [0.15, 0.2) is 6.07 Å². The highest BCUT2D eigenvalue weighted by Gasteiger charge is 2.13. The fraction of sp³-hybridized carbons (Fsp3) is 0.636. The van der Waals surface area contributed by atoms with E-state index in [2.05, 4.69) is 34.7 Å². The Bertz CT molecular complexity index is 346. The van der Waals surface area contributed by atoms with Gasteiger partial charge in [-0.3, -0.25) is 9.89 Å². The van der Waals surface area contributed by atoms with Gasteiger partial charge in [0.25, 0.3) is 0 Å². The topological polar surface area (TPSA) is 69.8 Å². The fourth-order valence-corrected chi connectivity index (χ4v) is 1.34. The van der Waals surface area contributed by atoms with E-state index in [1.54, 1.807) is 0 Å². The number of anilines is 1. The Morgan fingerprint density at radius 1 is 1.50 bits per heavy atom. The number of nitrogens with zero attached hydrogens (tertiary/aromatic N) is 1. The monoisotopic (exact) mass is 224 g/mol. The van der Waals surface area contributed by atoms with Crippen molar-refractivity contribution in [2.24, 2.45) is 5.92 Å². The van der Waals surface area contributed by atoms with Gasteiger partial charge in [0.05, 0.1) is 0 Å². The van der Waals surface area contributed by atoms with Gasteiger partial charge in [0.15, 0.2) is 5.82 Å². The van der Waals surface area contributed by atoms with Gasteiger partial charge in [-0.15, -0.1) is 0 Å². The van der Waals surface area contributed by atoms with E-state index < -0.39 is 0 Å². The number of carbonyl (C=O) groups excluding carboxylic acids is 1. The lowest BCUT2D eigenvalue weighted by Gasteiger charge is -2.09. The van der Waals surface area contributed by atoms with Crippen LogP contribution in [0.1, 0.15) is 32.4 Å². The first-order chi connectivity index (χ1) is 7.54. The second-order valence-electron chi connectivity index (χ2n) is 4.31. The molecule has 0 aliphatic carbocycles. The smallest absolute Gasteiger partial charge is 0.229 e. The molecule has 0 saturated carbocycles. The third-order valence-corrected chi connectivity index (χ3v) is 2.43. The lowest BCUT2D eigenvalue weighted by Crippen LogP contribution is -2.28. The second-order valence-corrected chi connectivity index (χ2v) is 4.31. The number of nitrogens with one attached hydrogen (secondary N) is 3. The Labute approximate surface area is 96.0 Å². The number of rotatable bonds is 5. The number of hydrogen-bond donors (Lipinski definition) is 3. The van der Waals surface area contributed by atoms with E-state index in [1.165, 1.54) is 0 Å². The maximum atomic E-state index is 11.7. The molecule has 0 fully saturated rings. The minimum absolute atomic E-state index is 0.0174. The second kappa shape index (κ2) is 5.65. The van der Waals surface area contributed by atoms with Crippen molar-refractivity contribution in [3.8, 4) is 0 Å². The van der Waals surface area contributed by atoms with Crippen LogP contribution in [0.25, 0.3) is 0 Å². The molecule has 1 heterocycles. The molecule has 1 aromatic heterocycles. The molecule has 5 nitrogen and oxygen atoms in total. The van der Waals surface area contributed by atoms with Gasteiger partial charge in [0.2, 0.25) is 5.91 Å². The molecule has 1 atom stereocenters. The molecule has 90 valence electrons. The van der Waals surface area contributed by atoms with Gasteiger partial charge in [-0.2, -0.15) is 5.10 Å². The van der Waals surface area contributed by atoms with Crippen molar-refractivity contribution in [1.82, 2.24) is 15.5 Å². The summed E-state index contributed by atoms with van der Waals surface area (Å²) in [5.41, 5.74) is 1.02. The highest BCUT2D eigenvalue weighted by Crippen LogP contribution is 2.15. The Balaban J connectivity index is 2.56. The van der Waals surface area contributed by atoms with Crippen LogP contribution in [-0.4, -0.2) is 29.7 Å². The molecule has 1 rings (SSSR count). The lowest BCUT2D eigenvalue weighted by atomic mass is 10.1. The molecular formula is C11H20N4O. The summed E-state index contributed by atoms with van der Waals surface area (Å²) in [5, 5.41) is 12.7. The summed E-state index contributed by atoms with van der Waals surface area (Å²) in [6.07, 6.45) is 0. The Kier molecular flexibility index (Phi) is 4.49. The lowest BCUT2D eigenvalue weighted by molar-refractivity contribution is -0.119. The van der Waals surface area contributed by atoms with E-state index in [1.807, 2.05) is 20.0 Å². The van der Waals surface area contributed by atoms with Crippen molar-refractivity contribution in [1.29, 1.82) is 0 Å². The van der Waals surface area contributed by atoms with Gasteiger partial charge < -0.3 is 10.6 Å². The summed E-state index contributed by atoms with van der Waals surface area (Å²) in [5.74, 6) is 0.893. The SMILES string of the molecule is CNCC(C)C(=O)Nc1cc(C(C)C)[nH]n1. The molecule has 0 radical (unpaired) electrons. The number of amides is 1. The molecule has 0 aliphatic heterocycles. The molecule has 0 bridgehead atoms. The van der Waals surface area contributed by atoms with Gasteiger partial charge in [-0.25, -0.2) is 0 Å². The largest absolute Gasteiger partial charge is 0.319 e. The first-order valence-electron chi connectivity index (χ1n) is 5.55. The number of H-pyrrole nitrogens is 1. The zero-order valence-electron chi connectivity index (χ0n) is 10.3. The molecule has 1 amide bonds. The molecule has 0 aromatic carbocycles. The summed E-state index contributed by atoms with van der Waals surface area (Å²) in [6.45, 7) is 6.68. The first-order valence-corrected chi connectivity index (χ1v) is 5.55. The van der Waals surface area contributed by atoms with Crippen LogP contribution in [0.3, 0.4) is 0 Å². The average molecular weight is 224 g/mol. The summed E-state index contributed by atoms with van der Waals surface area (Å²) in [4.78, 5) is 11.7. The van der Waals surface area contributed by atoms with E-state index in [0.717, 1.165) is 5.69 Å². The molecule has 0 spiro atoms. The van der Waals surface area contributed by atoms with Gasteiger partial charge in [-0.1, -0.05) is 20.8 Å². The third-order valence-electron chi connectivity index (χ3n) is 2.43. The molecule has 16 heavy (non-hydrogen) atoms. The minimum Gasteiger partial charge on any atom is -0.319 e. The van der Waals surface area contributed by atoms with E-state index >= 15 is 0 Å². The van der Waals surface area contributed by atoms with Crippen molar-refractivity contribution >= 4 is 11.7 Å². The summed E-state index contributed by atoms with van der Waals surface area (Å²) >= 11 is 0. The van der Waals surface area contributed by atoms with E-state index in [9.17, 15) is 4.79 Å². The van der Waals surface area contributed by atoms with E-state index in [0.29, 0.717) is 18.3 Å². The Morgan fingerprint density at radius 3 is 2.69 bits per heavy atom. The Hall–Kier alpha value is -1.36. The van der Waals surface area contributed by atoms with E-state index in [4.69, 9.17) is 0 Å². The highest BCUT2D eigenvalue weighted by molar-refractivity contribution is 5.91. The minimum atomic E-state index is -0.0656. The van der Waals surface area contributed by atoms with E-state index in [-0.39, 0.29) is 11.8 Å². The maximum absolute atomic E-state index is 11.7. The normalized spacial score (nSPS) is 12.8. The number of hydrogen-bond acceptors (Lipinski definition) is 3. The van der Waals surface area contributed by atoms with Crippen LogP contribution in [-0.2, 0) is 4.79 Å². The van der Waals surface area contributed by atoms with Gasteiger partial charge in [0.1, 0.15) is 0 Å². The van der Waals surface area contributed by atoms with Crippen LogP contribution in [0.4, 0.5) is 5.82 Å². The molecule has 1 aromatic rings. The van der Waals surface area contributed by atoms with Crippen molar-refractivity contribution < 1.29 is 4.79 Å². The van der Waals surface area contributed by atoms with Crippen molar-refractivity contribution in [3.63, 3.8) is 0 Å². The van der Waals surface area contributed by atoms with Crippen LogP contribution < -0.4 is 10.6 Å². The van der Waals surface area contributed by atoms with Crippen molar-refractivity contribution in [2.45, 2.75) is 26.7 Å². The quantitative estimate of drug-likeness (QED) is 0.706. The fourth-order valence-electron chi connectivity index (χ4n) is 1.34. The molecule has 0 saturated heterocycles. The molecule has 0 aliphatic rings. The predicted octanol–water partition coefficient (Wildman–Crippen LogP) is 1.33. The van der Waals surface area contributed by atoms with Gasteiger partial charge in [-0.05, 0) is 13.0 Å². The van der Waals surface area contributed by atoms with Crippen molar-refractivity contribution in [2.75, 3.05) is 18.9 Å². The number of carbonyl (C=O) groups is 1. The predicted molar refractivity (Wildman–Crippen MR) is 64.4 cm³/mol. The van der Waals surface area contributed by atoms with Gasteiger partial charge in [0, 0.05) is 24.2 Å². The molecule has 5 heteroatoms. The maximum Gasteiger partial charge on any atom is 0.229 e. The highest BCUT2D eigenvalue weighted by atomic mass is 16.1. The Morgan fingerprint density at radius 2 is 2.19 bits per heavy atom. The molecule has 1 unspecified atom stereocenters. The summed E-state index contributed by atoms with van der Waals surface area (Å²) in [6, 6.07) is 1.87. The molecule has 3 N–H and O–H groups in total. The van der Waals surface area contributed by atoms with Crippen LogP contribution in [0.2, 0.25) is 0 Å². The molecular weight excluding hydrogens is 204 g/mol. The average Bonchev–Trinajstić information content (AvgIpc) is 2.66. The summed E-state index contributed by atoms with van der Waals surface area (Å²) in [7, 11) is 1.83. The van der Waals surface area contributed by atoms with Gasteiger partial charge >= 0.3 is 0 Å². The summed E-state index contributed by atoms with van der Waals surface area (Å²) < 4.78 is 0. The van der Waals surface area contributed by atoms with Crippen molar-refractivity contribution in [3.05, 3.63) is 11.8 Å².